The Morgan fingerprint density at radius 1 is 1.25 bits per heavy atom. The van der Waals surface area contributed by atoms with Gasteiger partial charge in [0.15, 0.2) is 11.6 Å². The first kappa shape index (κ1) is 14.3. The molecule has 0 radical (unpaired) electrons. The molecule has 0 unspecified atom stereocenters. The number of hydrogen-bond acceptors (Lipinski definition) is 2. The second kappa shape index (κ2) is 5.88. The van der Waals surface area contributed by atoms with Crippen molar-refractivity contribution >= 4 is 17.6 Å². The Kier molecular flexibility index (Phi) is 4.20. The molecule has 0 aliphatic carbocycles. The van der Waals surface area contributed by atoms with Crippen LogP contribution in [0.3, 0.4) is 0 Å². The van der Waals surface area contributed by atoms with Crippen molar-refractivity contribution in [3.63, 3.8) is 0 Å². The minimum absolute atomic E-state index is 0.0879. The fourth-order valence-corrected chi connectivity index (χ4v) is 1.86. The van der Waals surface area contributed by atoms with Crippen molar-refractivity contribution in [2.45, 2.75) is 6.61 Å². The molecule has 0 atom stereocenters. The van der Waals surface area contributed by atoms with Gasteiger partial charge in [-0.1, -0.05) is 23.7 Å². The number of hydrogen-bond donors (Lipinski definition) is 1. The lowest BCUT2D eigenvalue weighted by Crippen LogP contribution is -2.05. The van der Waals surface area contributed by atoms with E-state index in [0.29, 0.717) is 5.56 Å². The summed E-state index contributed by atoms with van der Waals surface area (Å²) in [6.45, 7) is -0.0879. The van der Waals surface area contributed by atoms with Gasteiger partial charge in [0.05, 0.1) is 5.02 Å². The molecule has 0 saturated heterocycles. The number of halogens is 3. The maximum absolute atomic E-state index is 13.9. The minimum atomic E-state index is -1.48. The van der Waals surface area contributed by atoms with Gasteiger partial charge in [-0.05, 0) is 29.8 Å². The van der Waals surface area contributed by atoms with Crippen LogP contribution in [-0.4, -0.2) is 11.1 Å². The van der Waals surface area contributed by atoms with Crippen LogP contribution in [0, 0.1) is 11.6 Å². The Labute approximate surface area is 118 Å². The first-order valence-corrected chi connectivity index (χ1v) is 5.95. The Bertz CT molecular complexity index is 659. The van der Waals surface area contributed by atoms with E-state index in [4.69, 9.17) is 21.4 Å². The Hall–Kier alpha value is -2.14. The zero-order valence-electron chi connectivity index (χ0n) is 10.1. The van der Waals surface area contributed by atoms with Gasteiger partial charge in [0.25, 0.3) is 0 Å². The first-order chi connectivity index (χ1) is 9.49. The highest BCUT2D eigenvalue weighted by Gasteiger charge is 2.19. The average molecular weight is 299 g/mol. The van der Waals surface area contributed by atoms with Gasteiger partial charge < -0.3 is 9.84 Å². The highest BCUT2D eigenvalue weighted by atomic mass is 35.5. The molecule has 20 heavy (non-hydrogen) atoms. The minimum Gasteiger partial charge on any atom is -0.486 e. The van der Waals surface area contributed by atoms with Crippen molar-refractivity contribution in [2.75, 3.05) is 0 Å². The van der Waals surface area contributed by atoms with Crippen molar-refractivity contribution in [1.82, 2.24) is 0 Å². The van der Waals surface area contributed by atoms with E-state index in [1.54, 1.807) is 6.07 Å². The summed E-state index contributed by atoms with van der Waals surface area (Å²) in [5.41, 5.74) is -0.153. The molecule has 0 fully saturated rings. The van der Waals surface area contributed by atoms with Crippen LogP contribution in [0.15, 0.2) is 36.4 Å². The molecule has 2 aromatic rings. The van der Waals surface area contributed by atoms with Crippen LogP contribution in [-0.2, 0) is 6.61 Å². The van der Waals surface area contributed by atoms with Gasteiger partial charge in [-0.15, -0.1) is 0 Å². The molecular formula is C14H9ClF2O3. The van der Waals surface area contributed by atoms with Crippen molar-refractivity contribution in [3.8, 4) is 5.75 Å². The number of aromatic carboxylic acids is 1. The average Bonchev–Trinajstić information content (AvgIpc) is 2.37. The number of ether oxygens (including phenoxy) is 1. The number of rotatable bonds is 4. The lowest BCUT2D eigenvalue weighted by Gasteiger charge is -2.10. The Balaban J connectivity index is 2.22. The van der Waals surface area contributed by atoms with Crippen LogP contribution in [0.1, 0.15) is 15.9 Å². The third-order valence-electron chi connectivity index (χ3n) is 2.55. The van der Waals surface area contributed by atoms with E-state index in [0.717, 1.165) is 0 Å². The van der Waals surface area contributed by atoms with Crippen LogP contribution in [0.5, 0.6) is 5.75 Å². The second-order valence-electron chi connectivity index (χ2n) is 3.96. The van der Waals surface area contributed by atoms with Crippen molar-refractivity contribution in [2.24, 2.45) is 0 Å². The predicted molar refractivity (Wildman–Crippen MR) is 69.1 cm³/mol. The highest BCUT2D eigenvalue weighted by Crippen LogP contribution is 2.27. The molecule has 0 aliphatic heterocycles. The summed E-state index contributed by atoms with van der Waals surface area (Å²) < 4.78 is 32.0. The molecule has 0 spiro atoms. The molecule has 0 bridgehead atoms. The maximum Gasteiger partial charge on any atom is 0.340 e. The van der Waals surface area contributed by atoms with Crippen LogP contribution < -0.4 is 4.74 Å². The normalized spacial score (nSPS) is 10.3. The smallest absolute Gasteiger partial charge is 0.340 e. The Morgan fingerprint density at radius 3 is 2.65 bits per heavy atom. The van der Waals surface area contributed by atoms with Crippen LogP contribution in [0.25, 0.3) is 0 Å². The van der Waals surface area contributed by atoms with E-state index in [-0.39, 0.29) is 17.4 Å². The van der Waals surface area contributed by atoms with Crippen LogP contribution in [0.2, 0.25) is 5.02 Å². The standard InChI is InChI=1S/C14H9ClF2O3/c15-10-4-5-11(13(17)12(10)14(18)19)20-7-8-2-1-3-9(16)6-8/h1-6H,7H2,(H,18,19). The SMILES string of the molecule is O=C(O)c1c(Cl)ccc(OCc2cccc(F)c2)c1F. The second-order valence-corrected chi connectivity index (χ2v) is 4.37. The Morgan fingerprint density at radius 2 is 2.00 bits per heavy atom. The first-order valence-electron chi connectivity index (χ1n) is 5.57. The van der Waals surface area contributed by atoms with E-state index >= 15 is 0 Å². The summed E-state index contributed by atoms with van der Waals surface area (Å²) in [5, 5.41) is 8.65. The predicted octanol–water partition coefficient (Wildman–Crippen LogP) is 3.90. The lowest BCUT2D eigenvalue weighted by molar-refractivity contribution is 0.0691. The summed E-state index contributed by atoms with van der Waals surface area (Å²) in [5.74, 6) is -3.23. The third kappa shape index (κ3) is 3.05. The van der Waals surface area contributed by atoms with Crippen molar-refractivity contribution < 1.29 is 23.4 Å². The molecule has 3 nitrogen and oxygen atoms in total. The van der Waals surface area contributed by atoms with E-state index in [9.17, 15) is 13.6 Å². The zero-order valence-corrected chi connectivity index (χ0v) is 10.8. The molecule has 2 aromatic carbocycles. The third-order valence-corrected chi connectivity index (χ3v) is 2.87. The van der Waals surface area contributed by atoms with Gasteiger partial charge in [-0.2, -0.15) is 0 Å². The van der Waals surface area contributed by atoms with Gasteiger partial charge in [0.1, 0.15) is 18.0 Å². The summed E-state index contributed by atoms with van der Waals surface area (Å²) in [6.07, 6.45) is 0. The molecule has 104 valence electrons. The molecule has 0 aromatic heterocycles. The van der Waals surface area contributed by atoms with Gasteiger partial charge >= 0.3 is 5.97 Å². The molecule has 0 aliphatic rings. The molecule has 6 heteroatoms. The van der Waals surface area contributed by atoms with Crippen molar-refractivity contribution in [3.05, 3.63) is 64.2 Å². The topological polar surface area (TPSA) is 46.5 Å². The summed E-state index contributed by atoms with van der Waals surface area (Å²) >= 11 is 5.61. The largest absolute Gasteiger partial charge is 0.486 e. The fraction of sp³-hybridized carbons (Fsp3) is 0.0714. The molecule has 0 saturated carbocycles. The molecule has 2 rings (SSSR count). The van der Waals surface area contributed by atoms with Gasteiger partial charge in [0, 0.05) is 0 Å². The molecule has 1 N–H and O–H groups in total. The number of carboxylic acid groups (broad SMARTS) is 1. The van der Waals surface area contributed by atoms with Crippen molar-refractivity contribution in [1.29, 1.82) is 0 Å². The summed E-state index contributed by atoms with van der Waals surface area (Å²) in [4.78, 5) is 10.9. The molecule has 0 amide bonds. The molecule has 0 heterocycles. The van der Waals surface area contributed by atoms with E-state index in [2.05, 4.69) is 0 Å². The number of carboxylic acids is 1. The maximum atomic E-state index is 13.9. The van der Waals surface area contributed by atoms with Crippen LogP contribution >= 0.6 is 11.6 Å². The van der Waals surface area contributed by atoms with Gasteiger partial charge in [0.2, 0.25) is 0 Å². The van der Waals surface area contributed by atoms with Gasteiger partial charge in [-0.3, -0.25) is 0 Å². The summed E-state index contributed by atoms with van der Waals surface area (Å²) in [7, 11) is 0. The van der Waals surface area contributed by atoms with E-state index < -0.39 is 23.2 Å². The van der Waals surface area contributed by atoms with E-state index in [1.807, 2.05) is 0 Å². The quantitative estimate of drug-likeness (QED) is 0.931. The van der Waals surface area contributed by atoms with E-state index in [1.165, 1.54) is 30.3 Å². The zero-order chi connectivity index (χ0) is 14.7. The van der Waals surface area contributed by atoms with Crippen LogP contribution in [0.4, 0.5) is 8.78 Å². The number of benzene rings is 2. The number of carbonyl (C=O) groups is 1. The fourth-order valence-electron chi connectivity index (χ4n) is 1.63. The lowest BCUT2D eigenvalue weighted by atomic mass is 10.2. The monoisotopic (exact) mass is 298 g/mol. The summed E-state index contributed by atoms with van der Waals surface area (Å²) in [6, 6.07) is 8.07. The molecular weight excluding hydrogens is 290 g/mol. The van der Waals surface area contributed by atoms with Gasteiger partial charge in [-0.25, -0.2) is 13.6 Å². The highest BCUT2D eigenvalue weighted by molar-refractivity contribution is 6.33.